The molecule has 0 aliphatic carbocycles. The second-order valence-electron chi connectivity index (χ2n) is 7.32. The van der Waals surface area contributed by atoms with Gasteiger partial charge in [0, 0.05) is 36.6 Å². The highest BCUT2D eigenvalue weighted by atomic mass is 16.1. The maximum absolute atomic E-state index is 12.6. The van der Waals surface area contributed by atoms with Gasteiger partial charge in [0.25, 0.3) is 5.91 Å². The summed E-state index contributed by atoms with van der Waals surface area (Å²) in [6.07, 6.45) is 7.19. The van der Waals surface area contributed by atoms with E-state index in [0.29, 0.717) is 5.56 Å². The third-order valence-corrected chi connectivity index (χ3v) is 5.20. The Morgan fingerprint density at radius 1 is 0.966 bits per heavy atom. The van der Waals surface area contributed by atoms with Gasteiger partial charge in [0.2, 0.25) is 5.95 Å². The minimum atomic E-state index is -0.155. The average molecular weight is 387 g/mol. The van der Waals surface area contributed by atoms with E-state index in [-0.39, 0.29) is 11.9 Å². The highest BCUT2D eigenvalue weighted by Crippen LogP contribution is 2.22. The van der Waals surface area contributed by atoms with E-state index < -0.39 is 0 Å². The second-order valence-corrected chi connectivity index (χ2v) is 7.32. The van der Waals surface area contributed by atoms with Crippen LogP contribution in [0.25, 0.3) is 11.3 Å². The fourth-order valence-corrected chi connectivity index (χ4v) is 3.53. The third-order valence-electron chi connectivity index (χ3n) is 5.20. The van der Waals surface area contributed by atoms with Crippen molar-refractivity contribution in [3.8, 4) is 11.3 Å². The lowest BCUT2D eigenvalue weighted by atomic mass is 10.1. The Morgan fingerprint density at radius 2 is 1.76 bits per heavy atom. The van der Waals surface area contributed by atoms with Crippen molar-refractivity contribution >= 4 is 11.9 Å². The van der Waals surface area contributed by atoms with E-state index in [1.165, 1.54) is 19.3 Å². The molecule has 1 atom stereocenters. The normalized spacial score (nSPS) is 15.0. The van der Waals surface area contributed by atoms with Gasteiger partial charge in [-0.3, -0.25) is 9.78 Å². The van der Waals surface area contributed by atoms with Gasteiger partial charge in [-0.05, 0) is 56.5 Å². The Morgan fingerprint density at radius 3 is 2.48 bits per heavy atom. The van der Waals surface area contributed by atoms with Crippen LogP contribution in [0.2, 0.25) is 0 Å². The average Bonchev–Trinajstić information content (AvgIpc) is 2.80. The molecule has 1 fully saturated rings. The number of rotatable bonds is 5. The Balaban J connectivity index is 1.45. The van der Waals surface area contributed by atoms with E-state index in [1.54, 1.807) is 12.4 Å². The molecular weight excluding hydrogens is 362 g/mol. The second kappa shape index (κ2) is 8.82. The van der Waals surface area contributed by atoms with E-state index in [0.717, 1.165) is 36.0 Å². The lowest BCUT2D eigenvalue weighted by Crippen LogP contribution is -2.30. The number of aromatic nitrogens is 3. The molecular formula is C23H25N5O. The zero-order valence-electron chi connectivity index (χ0n) is 16.6. The molecule has 148 valence electrons. The van der Waals surface area contributed by atoms with Crippen LogP contribution in [-0.2, 0) is 0 Å². The van der Waals surface area contributed by atoms with Crippen LogP contribution < -0.4 is 10.2 Å². The lowest BCUT2D eigenvalue weighted by Gasteiger charge is -2.26. The van der Waals surface area contributed by atoms with Crippen molar-refractivity contribution in [3.63, 3.8) is 0 Å². The van der Waals surface area contributed by atoms with Crippen LogP contribution in [-0.4, -0.2) is 33.9 Å². The standard InChI is InChI=1S/C23H25N5O/c1-17(20-7-3-4-13-24-20)26-22(29)19-10-8-18(9-11-19)21-12-14-25-23(27-21)28-15-5-2-6-16-28/h3-4,7-14,17H,2,5-6,15-16H2,1H3,(H,26,29)/t17-/m0/s1. The summed E-state index contributed by atoms with van der Waals surface area (Å²) in [5, 5.41) is 2.99. The van der Waals surface area contributed by atoms with Crippen molar-refractivity contribution in [2.24, 2.45) is 0 Å². The number of piperidine rings is 1. The van der Waals surface area contributed by atoms with Crippen molar-refractivity contribution in [1.29, 1.82) is 0 Å². The fraction of sp³-hybridized carbons (Fsp3) is 0.304. The van der Waals surface area contributed by atoms with Gasteiger partial charge in [-0.25, -0.2) is 9.97 Å². The number of benzene rings is 1. The van der Waals surface area contributed by atoms with Gasteiger partial charge in [0.15, 0.2) is 0 Å². The molecule has 1 saturated heterocycles. The van der Waals surface area contributed by atoms with Crippen LogP contribution in [0.4, 0.5) is 5.95 Å². The first-order valence-electron chi connectivity index (χ1n) is 10.1. The first-order valence-corrected chi connectivity index (χ1v) is 10.1. The molecule has 0 spiro atoms. The molecule has 0 unspecified atom stereocenters. The quantitative estimate of drug-likeness (QED) is 0.716. The number of anilines is 1. The molecule has 1 amide bonds. The topological polar surface area (TPSA) is 71.0 Å². The Labute approximate surface area is 171 Å². The van der Waals surface area contributed by atoms with Crippen LogP contribution in [0.3, 0.4) is 0 Å². The van der Waals surface area contributed by atoms with Crippen molar-refractivity contribution in [3.05, 3.63) is 72.2 Å². The molecule has 0 radical (unpaired) electrons. The smallest absolute Gasteiger partial charge is 0.251 e. The van der Waals surface area contributed by atoms with E-state index >= 15 is 0 Å². The van der Waals surface area contributed by atoms with Gasteiger partial charge in [0.1, 0.15) is 0 Å². The zero-order valence-corrected chi connectivity index (χ0v) is 16.6. The molecule has 3 heterocycles. The van der Waals surface area contributed by atoms with Crippen LogP contribution in [0.5, 0.6) is 0 Å². The van der Waals surface area contributed by atoms with E-state index in [9.17, 15) is 4.79 Å². The molecule has 3 aromatic rings. The number of pyridine rings is 1. The number of hydrogen-bond acceptors (Lipinski definition) is 5. The molecule has 1 aromatic carbocycles. The number of hydrogen-bond donors (Lipinski definition) is 1. The predicted molar refractivity (Wildman–Crippen MR) is 114 cm³/mol. The van der Waals surface area contributed by atoms with Gasteiger partial charge in [-0.15, -0.1) is 0 Å². The Bertz CT molecular complexity index is 953. The molecule has 6 heteroatoms. The van der Waals surface area contributed by atoms with Gasteiger partial charge in [-0.2, -0.15) is 0 Å². The zero-order chi connectivity index (χ0) is 20.1. The minimum absolute atomic E-state index is 0.119. The molecule has 4 rings (SSSR count). The van der Waals surface area contributed by atoms with Gasteiger partial charge in [-0.1, -0.05) is 18.2 Å². The lowest BCUT2D eigenvalue weighted by molar-refractivity contribution is 0.0939. The summed E-state index contributed by atoms with van der Waals surface area (Å²) in [7, 11) is 0. The van der Waals surface area contributed by atoms with Gasteiger partial charge < -0.3 is 10.2 Å². The largest absolute Gasteiger partial charge is 0.344 e. The van der Waals surface area contributed by atoms with Gasteiger partial charge >= 0.3 is 0 Å². The number of amides is 1. The molecule has 2 aromatic heterocycles. The Hall–Kier alpha value is -3.28. The monoisotopic (exact) mass is 387 g/mol. The van der Waals surface area contributed by atoms with Crippen LogP contribution >= 0.6 is 0 Å². The molecule has 1 N–H and O–H groups in total. The maximum atomic E-state index is 12.6. The van der Waals surface area contributed by atoms with Crippen LogP contribution in [0.15, 0.2) is 60.9 Å². The molecule has 1 aliphatic rings. The van der Waals surface area contributed by atoms with Gasteiger partial charge in [0.05, 0.1) is 17.4 Å². The van der Waals surface area contributed by atoms with Crippen LogP contribution in [0.1, 0.15) is 48.3 Å². The fourth-order valence-electron chi connectivity index (χ4n) is 3.53. The summed E-state index contributed by atoms with van der Waals surface area (Å²) in [5.74, 6) is 0.666. The number of nitrogens with one attached hydrogen (secondary N) is 1. The number of nitrogens with zero attached hydrogens (tertiary/aromatic N) is 4. The minimum Gasteiger partial charge on any atom is -0.344 e. The van der Waals surface area contributed by atoms with Crippen molar-refractivity contribution in [2.45, 2.75) is 32.2 Å². The number of carbonyl (C=O) groups is 1. The molecule has 0 saturated carbocycles. The summed E-state index contributed by atoms with van der Waals surface area (Å²) < 4.78 is 0. The summed E-state index contributed by atoms with van der Waals surface area (Å²) in [4.78, 5) is 28.3. The number of carbonyl (C=O) groups excluding carboxylic acids is 1. The summed E-state index contributed by atoms with van der Waals surface area (Å²) >= 11 is 0. The SMILES string of the molecule is C[C@H](NC(=O)c1ccc(-c2ccnc(N3CCCCC3)n2)cc1)c1ccccn1. The third kappa shape index (κ3) is 4.59. The highest BCUT2D eigenvalue weighted by Gasteiger charge is 2.15. The highest BCUT2D eigenvalue weighted by molar-refractivity contribution is 5.94. The van der Waals surface area contributed by atoms with Crippen LogP contribution in [0, 0.1) is 0 Å². The van der Waals surface area contributed by atoms with E-state index in [4.69, 9.17) is 4.98 Å². The van der Waals surface area contributed by atoms with E-state index in [2.05, 4.69) is 20.2 Å². The molecule has 6 nitrogen and oxygen atoms in total. The van der Waals surface area contributed by atoms with E-state index in [1.807, 2.05) is 55.5 Å². The Kier molecular flexibility index (Phi) is 5.79. The van der Waals surface area contributed by atoms with Crippen molar-refractivity contribution in [2.75, 3.05) is 18.0 Å². The summed E-state index contributed by atoms with van der Waals surface area (Å²) in [6, 6.07) is 15.0. The summed E-state index contributed by atoms with van der Waals surface area (Å²) in [6.45, 7) is 3.95. The first-order chi connectivity index (χ1) is 14.2. The van der Waals surface area contributed by atoms with Crippen molar-refractivity contribution in [1.82, 2.24) is 20.3 Å². The molecule has 0 bridgehead atoms. The van der Waals surface area contributed by atoms with Crippen molar-refractivity contribution < 1.29 is 4.79 Å². The molecule has 29 heavy (non-hydrogen) atoms. The predicted octanol–water partition coefficient (Wildman–Crippen LogP) is 4.02. The molecule has 1 aliphatic heterocycles. The first kappa shape index (κ1) is 19.1. The maximum Gasteiger partial charge on any atom is 0.251 e. The summed E-state index contributed by atoms with van der Waals surface area (Å²) in [5.41, 5.74) is 3.29.